The summed E-state index contributed by atoms with van der Waals surface area (Å²) >= 11 is 1.43. The molecule has 0 bridgehead atoms. The first-order chi connectivity index (χ1) is 9.97. The lowest BCUT2D eigenvalue weighted by Crippen LogP contribution is -2.13. The molecule has 0 spiro atoms. The molecule has 0 radical (unpaired) electrons. The molecule has 0 amide bonds. The van der Waals surface area contributed by atoms with Gasteiger partial charge in [0.25, 0.3) is 0 Å². The second-order valence-corrected chi connectivity index (χ2v) is 6.00. The second-order valence-electron chi connectivity index (χ2n) is 4.83. The van der Waals surface area contributed by atoms with Gasteiger partial charge in [0.2, 0.25) is 0 Å². The number of aryl methyl sites for hydroxylation is 1. The summed E-state index contributed by atoms with van der Waals surface area (Å²) in [5.74, 6) is -1.48. The number of benzene rings is 1. The number of ether oxygens (including phenoxy) is 2. The Morgan fingerprint density at radius 3 is 2.76 bits per heavy atom. The molecule has 114 valence electrons. The number of hydrogen-bond donors (Lipinski definition) is 1. The Morgan fingerprint density at radius 2 is 2.14 bits per heavy atom. The number of aromatic hydroxyl groups is 1. The van der Waals surface area contributed by atoms with E-state index in [-0.39, 0.29) is 17.6 Å². The fourth-order valence-corrected chi connectivity index (χ4v) is 3.22. The molecule has 0 aliphatic rings. The van der Waals surface area contributed by atoms with Crippen LogP contribution in [0.15, 0.2) is 12.1 Å². The lowest BCUT2D eigenvalue weighted by atomic mass is 10.1. The molecule has 2 rings (SSSR count). The number of carbonyl (C=O) groups is 1. The summed E-state index contributed by atoms with van der Waals surface area (Å²) in [6.45, 7) is 1.80. The predicted octanol–water partition coefficient (Wildman–Crippen LogP) is 3.50. The van der Waals surface area contributed by atoms with Crippen molar-refractivity contribution in [2.75, 3.05) is 14.2 Å². The van der Waals surface area contributed by atoms with Crippen molar-refractivity contribution >= 4 is 27.4 Å². The highest BCUT2D eigenvalue weighted by Crippen LogP contribution is 2.39. The van der Waals surface area contributed by atoms with Crippen molar-refractivity contribution in [2.24, 2.45) is 5.92 Å². The number of rotatable bonds is 5. The molecule has 1 atom stereocenters. The Labute approximate surface area is 126 Å². The zero-order valence-electron chi connectivity index (χ0n) is 12.1. The van der Waals surface area contributed by atoms with E-state index >= 15 is 0 Å². The normalized spacial score (nSPS) is 12.4. The van der Waals surface area contributed by atoms with Crippen molar-refractivity contribution in [1.29, 1.82) is 0 Å². The quantitative estimate of drug-likeness (QED) is 0.859. The Hall–Kier alpha value is -1.82. The van der Waals surface area contributed by atoms with Crippen LogP contribution in [0.1, 0.15) is 18.2 Å². The van der Waals surface area contributed by atoms with Crippen LogP contribution in [0.25, 0.3) is 10.1 Å². The second kappa shape index (κ2) is 6.30. The maximum Gasteiger partial charge on any atom is 0.308 e. The number of fused-ring (bicyclic) bond motifs is 1. The van der Waals surface area contributed by atoms with E-state index in [1.54, 1.807) is 19.1 Å². The summed E-state index contributed by atoms with van der Waals surface area (Å²) in [6, 6.07) is 3.32. The van der Waals surface area contributed by atoms with E-state index in [0.29, 0.717) is 22.9 Å². The summed E-state index contributed by atoms with van der Waals surface area (Å²) in [5.41, 5.74) is 0. The highest BCUT2D eigenvalue weighted by atomic mass is 32.1. The largest absolute Gasteiger partial charge is 0.502 e. The topological polar surface area (TPSA) is 55.8 Å². The predicted molar refractivity (Wildman–Crippen MR) is 79.5 cm³/mol. The SMILES string of the molecule is COC(=O)[C@@H](C)CCc1cc2c(F)c(O)c(OC)cc2s1. The zero-order valence-corrected chi connectivity index (χ0v) is 12.9. The summed E-state index contributed by atoms with van der Waals surface area (Å²) in [6.07, 6.45) is 1.28. The summed E-state index contributed by atoms with van der Waals surface area (Å²) in [5, 5.41) is 10.0. The van der Waals surface area contributed by atoms with Gasteiger partial charge in [-0.05, 0) is 18.9 Å². The number of carbonyl (C=O) groups excluding carboxylic acids is 1. The molecule has 1 N–H and O–H groups in total. The minimum atomic E-state index is -0.673. The Bertz CT molecular complexity index is 665. The molecule has 0 aliphatic heterocycles. The number of hydrogen-bond acceptors (Lipinski definition) is 5. The van der Waals surface area contributed by atoms with Gasteiger partial charge in [-0.15, -0.1) is 11.3 Å². The van der Waals surface area contributed by atoms with Gasteiger partial charge in [-0.2, -0.15) is 0 Å². The molecule has 0 saturated heterocycles. The van der Waals surface area contributed by atoms with E-state index in [1.165, 1.54) is 25.6 Å². The van der Waals surface area contributed by atoms with Crippen molar-refractivity contribution in [2.45, 2.75) is 19.8 Å². The smallest absolute Gasteiger partial charge is 0.308 e. The molecule has 1 aromatic carbocycles. The van der Waals surface area contributed by atoms with Crippen molar-refractivity contribution in [3.05, 3.63) is 22.8 Å². The number of methoxy groups -OCH3 is 2. The van der Waals surface area contributed by atoms with Crippen LogP contribution in [0.5, 0.6) is 11.5 Å². The molecule has 0 fully saturated rings. The Kier molecular flexibility index (Phi) is 4.67. The number of esters is 1. The van der Waals surface area contributed by atoms with Crippen molar-refractivity contribution in [1.82, 2.24) is 0 Å². The van der Waals surface area contributed by atoms with Crippen molar-refractivity contribution in [3.8, 4) is 11.5 Å². The lowest BCUT2D eigenvalue weighted by Gasteiger charge is -2.07. The number of phenols is 1. The summed E-state index contributed by atoms with van der Waals surface area (Å²) < 4.78 is 24.4. The highest BCUT2D eigenvalue weighted by Gasteiger charge is 2.17. The van der Waals surface area contributed by atoms with Gasteiger partial charge in [-0.25, -0.2) is 4.39 Å². The lowest BCUT2D eigenvalue weighted by molar-refractivity contribution is -0.145. The molecule has 4 nitrogen and oxygen atoms in total. The van der Waals surface area contributed by atoms with Crippen LogP contribution < -0.4 is 4.74 Å². The number of thiophene rings is 1. The molecule has 0 saturated carbocycles. The van der Waals surface area contributed by atoms with Gasteiger partial charge in [0.1, 0.15) is 0 Å². The molecule has 2 aromatic rings. The first kappa shape index (κ1) is 15.6. The van der Waals surface area contributed by atoms with Crippen molar-refractivity contribution < 1.29 is 23.8 Å². The monoisotopic (exact) mass is 312 g/mol. The van der Waals surface area contributed by atoms with Crippen LogP contribution in [0.3, 0.4) is 0 Å². The van der Waals surface area contributed by atoms with Gasteiger partial charge < -0.3 is 14.6 Å². The maximum atomic E-state index is 14.0. The molecule has 1 heterocycles. The highest BCUT2D eigenvalue weighted by molar-refractivity contribution is 7.19. The molecule has 21 heavy (non-hydrogen) atoms. The maximum absolute atomic E-state index is 14.0. The fourth-order valence-electron chi connectivity index (χ4n) is 2.12. The molecule has 6 heteroatoms. The minimum Gasteiger partial charge on any atom is -0.502 e. The third kappa shape index (κ3) is 3.10. The van der Waals surface area contributed by atoms with E-state index in [2.05, 4.69) is 4.74 Å². The molecule has 0 unspecified atom stereocenters. The van der Waals surface area contributed by atoms with Crippen LogP contribution in [-0.2, 0) is 16.0 Å². The van der Waals surface area contributed by atoms with Gasteiger partial charge in [-0.1, -0.05) is 6.92 Å². The number of phenolic OH excluding ortho intramolecular Hbond substituents is 1. The van der Waals surface area contributed by atoms with Gasteiger partial charge in [-0.3, -0.25) is 4.79 Å². The molecule has 0 aliphatic carbocycles. The molecular weight excluding hydrogens is 295 g/mol. The van der Waals surface area contributed by atoms with Crippen LogP contribution in [0, 0.1) is 11.7 Å². The van der Waals surface area contributed by atoms with Crippen molar-refractivity contribution in [3.63, 3.8) is 0 Å². The Balaban J connectivity index is 2.23. The molecule has 1 aromatic heterocycles. The van der Waals surface area contributed by atoms with Gasteiger partial charge in [0.15, 0.2) is 17.3 Å². The van der Waals surface area contributed by atoms with Gasteiger partial charge in [0.05, 0.1) is 20.1 Å². The third-order valence-electron chi connectivity index (χ3n) is 3.40. The van der Waals surface area contributed by atoms with E-state index in [9.17, 15) is 14.3 Å². The summed E-state index contributed by atoms with van der Waals surface area (Å²) in [4.78, 5) is 12.3. The number of halogens is 1. The fraction of sp³-hybridized carbons (Fsp3) is 0.400. The average molecular weight is 312 g/mol. The first-order valence-corrected chi connectivity index (χ1v) is 7.35. The van der Waals surface area contributed by atoms with Crippen LogP contribution in [0.2, 0.25) is 0 Å². The van der Waals surface area contributed by atoms with E-state index < -0.39 is 11.6 Å². The van der Waals surface area contributed by atoms with Gasteiger partial charge >= 0.3 is 5.97 Å². The van der Waals surface area contributed by atoms with E-state index in [0.717, 1.165) is 4.88 Å². The molecular formula is C15H17FO4S. The van der Waals surface area contributed by atoms with Crippen LogP contribution in [0.4, 0.5) is 4.39 Å². The van der Waals surface area contributed by atoms with E-state index in [1.807, 2.05) is 0 Å². The van der Waals surface area contributed by atoms with Crippen LogP contribution >= 0.6 is 11.3 Å². The Morgan fingerprint density at radius 1 is 1.43 bits per heavy atom. The zero-order chi connectivity index (χ0) is 15.6. The van der Waals surface area contributed by atoms with Crippen LogP contribution in [-0.4, -0.2) is 25.3 Å². The van der Waals surface area contributed by atoms with Gasteiger partial charge in [0, 0.05) is 21.0 Å². The van der Waals surface area contributed by atoms with E-state index in [4.69, 9.17) is 4.74 Å². The summed E-state index contributed by atoms with van der Waals surface area (Å²) in [7, 11) is 2.75. The first-order valence-electron chi connectivity index (χ1n) is 6.53. The average Bonchev–Trinajstić information content (AvgIpc) is 2.90. The minimum absolute atomic E-state index is 0.122. The third-order valence-corrected chi connectivity index (χ3v) is 4.54. The standard InChI is InChI=1S/C15H17FO4S/c1-8(15(18)20-3)4-5-9-6-10-12(21-9)7-11(19-2)14(17)13(10)16/h6-8,17H,4-5H2,1-3H3/t8-/m0/s1.